The number of hydrogen-bond donors (Lipinski definition) is 3. The molecule has 2 atom stereocenters. The number of ether oxygens (including phenoxy) is 1. The van der Waals surface area contributed by atoms with Crippen molar-refractivity contribution >= 4 is 11.9 Å². The maximum atomic E-state index is 11.6. The first-order valence-electron chi connectivity index (χ1n) is 6.59. The van der Waals surface area contributed by atoms with Crippen LogP contribution in [0.1, 0.15) is 39.5 Å². The largest absolute Gasteiger partial charge is 0.481 e. The van der Waals surface area contributed by atoms with Crippen molar-refractivity contribution in [3.05, 3.63) is 0 Å². The number of aliphatic hydroxyl groups excluding tert-OH is 2. The second-order valence-corrected chi connectivity index (χ2v) is 4.77. The third-order valence-corrected chi connectivity index (χ3v) is 2.84. The lowest BCUT2D eigenvalue weighted by Gasteiger charge is -2.27. The molecule has 1 aliphatic rings. The van der Waals surface area contributed by atoms with Crippen molar-refractivity contribution in [1.29, 1.82) is 0 Å². The van der Waals surface area contributed by atoms with Crippen molar-refractivity contribution in [3.63, 3.8) is 0 Å². The Morgan fingerprint density at radius 1 is 1.11 bits per heavy atom. The van der Waals surface area contributed by atoms with E-state index in [9.17, 15) is 9.59 Å². The van der Waals surface area contributed by atoms with Crippen LogP contribution in [0.5, 0.6) is 0 Å². The Bertz CT molecular complexity index is 274. The van der Waals surface area contributed by atoms with Gasteiger partial charge >= 0.3 is 11.9 Å². The van der Waals surface area contributed by atoms with Gasteiger partial charge in [0.1, 0.15) is 0 Å². The number of carbonyl (C=O) groups excluding carboxylic acids is 1. The smallest absolute Gasteiger partial charge is 0.310 e. The van der Waals surface area contributed by atoms with Crippen LogP contribution in [0.25, 0.3) is 0 Å². The van der Waals surface area contributed by atoms with E-state index in [1.807, 2.05) is 0 Å². The summed E-state index contributed by atoms with van der Waals surface area (Å²) in [5.41, 5.74) is 0. The predicted molar refractivity (Wildman–Crippen MR) is 68.5 cm³/mol. The Balaban J connectivity index is 0.000000711. The molecule has 0 aromatic carbocycles. The molecule has 0 aromatic rings. The first-order chi connectivity index (χ1) is 8.93. The summed E-state index contributed by atoms with van der Waals surface area (Å²) >= 11 is 0. The van der Waals surface area contributed by atoms with Crippen LogP contribution >= 0.6 is 0 Å². The van der Waals surface area contributed by atoms with Gasteiger partial charge in [-0.2, -0.15) is 0 Å². The summed E-state index contributed by atoms with van der Waals surface area (Å²) in [6, 6.07) is 0. The van der Waals surface area contributed by atoms with E-state index >= 15 is 0 Å². The second-order valence-electron chi connectivity index (χ2n) is 4.77. The predicted octanol–water partition coefficient (Wildman–Crippen LogP) is 0.800. The average Bonchev–Trinajstić information content (AvgIpc) is 2.38. The lowest BCUT2D eigenvalue weighted by Crippen LogP contribution is -2.34. The lowest BCUT2D eigenvalue weighted by atomic mass is 9.79. The zero-order valence-electron chi connectivity index (χ0n) is 11.5. The fraction of sp³-hybridized carbons (Fsp3) is 0.846. The normalized spacial score (nSPS) is 22.4. The van der Waals surface area contributed by atoms with Crippen LogP contribution in [0.3, 0.4) is 0 Å². The molecule has 1 fully saturated rings. The average molecular weight is 276 g/mol. The Labute approximate surface area is 113 Å². The SMILES string of the molecule is CC(C)OC(=O)C1CCCCC1C(=O)O.OCCO. The van der Waals surface area contributed by atoms with Gasteiger partial charge in [-0.1, -0.05) is 12.8 Å². The van der Waals surface area contributed by atoms with E-state index in [0.29, 0.717) is 12.8 Å². The molecule has 19 heavy (non-hydrogen) atoms. The summed E-state index contributed by atoms with van der Waals surface area (Å²) in [7, 11) is 0. The summed E-state index contributed by atoms with van der Waals surface area (Å²) in [4.78, 5) is 22.6. The molecule has 0 amide bonds. The Morgan fingerprint density at radius 3 is 1.95 bits per heavy atom. The molecule has 6 nitrogen and oxygen atoms in total. The topological polar surface area (TPSA) is 104 Å². The number of carboxylic acids is 1. The number of aliphatic carboxylic acids is 1. The second kappa shape index (κ2) is 9.75. The summed E-state index contributed by atoms with van der Waals surface area (Å²) in [5.74, 6) is -2.22. The zero-order valence-corrected chi connectivity index (χ0v) is 11.5. The maximum Gasteiger partial charge on any atom is 0.310 e. The quantitative estimate of drug-likeness (QED) is 0.656. The molecular formula is C13H24O6. The highest BCUT2D eigenvalue weighted by Crippen LogP contribution is 2.31. The molecule has 1 aliphatic carbocycles. The van der Waals surface area contributed by atoms with Crippen molar-refractivity contribution in [2.75, 3.05) is 13.2 Å². The van der Waals surface area contributed by atoms with Crippen LogP contribution < -0.4 is 0 Å². The highest BCUT2D eigenvalue weighted by atomic mass is 16.5. The van der Waals surface area contributed by atoms with Gasteiger partial charge in [0.2, 0.25) is 0 Å². The summed E-state index contributed by atoms with van der Waals surface area (Å²) in [6.45, 7) is 3.30. The van der Waals surface area contributed by atoms with Gasteiger partial charge < -0.3 is 20.1 Å². The fourth-order valence-electron chi connectivity index (χ4n) is 2.03. The summed E-state index contributed by atoms with van der Waals surface area (Å²) < 4.78 is 5.07. The van der Waals surface area contributed by atoms with Gasteiger partial charge in [0.15, 0.2) is 0 Å². The Kier molecular flexibility index (Phi) is 9.16. The van der Waals surface area contributed by atoms with Crippen LogP contribution in [-0.2, 0) is 14.3 Å². The molecule has 0 spiro atoms. The Morgan fingerprint density at radius 2 is 1.58 bits per heavy atom. The van der Waals surface area contributed by atoms with Crippen LogP contribution in [0.4, 0.5) is 0 Å². The molecule has 1 saturated carbocycles. The standard InChI is InChI=1S/C11H18O4.C2H6O2/c1-7(2)15-11(14)9-6-4-3-5-8(9)10(12)13;3-1-2-4/h7-9H,3-6H2,1-2H3,(H,12,13);3-4H,1-2H2. The van der Waals surface area contributed by atoms with Gasteiger partial charge in [-0.3, -0.25) is 9.59 Å². The molecule has 3 N–H and O–H groups in total. The molecule has 0 radical (unpaired) electrons. The minimum atomic E-state index is -0.875. The van der Waals surface area contributed by atoms with E-state index in [1.165, 1.54) is 0 Å². The summed E-state index contributed by atoms with van der Waals surface area (Å²) in [5, 5.41) is 24.2. The first kappa shape index (κ1) is 17.9. The van der Waals surface area contributed by atoms with Crippen LogP contribution in [0.2, 0.25) is 0 Å². The molecule has 0 aliphatic heterocycles. The van der Waals surface area contributed by atoms with E-state index in [4.69, 9.17) is 20.1 Å². The van der Waals surface area contributed by atoms with Gasteiger partial charge in [-0.25, -0.2) is 0 Å². The highest BCUT2D eigenvalue weighted by Gasteiger charge is 2.36. The van der Waals surface area contributed by atoms with Gasteiger partial charge in [0, 0.05) is 0 Å². The van der Waals surface area contributed by atoms with Crippen LogP contribution in [0, 0.1) is 11.8 Å². The number of carbonyl (C=O) groups is 2. The molecule has 0 heterocycles. The first-order valence-corrected chi connectivity index (χ1v) is 6.59. The van der Waals surface area contributed by atoms with Crippen molar-refractivity contribution in [1.82, 2.24) is 0 Å². The summed E-state index contributed by atoms with van der Waals surface area (Å²) in [6.07, 6.45) is 2.87. The van der Waals surface area contributed by atoms with Crippen molar-refractivity contribution in [2.45, 2.75) is 45.6 Å². The molecular weight excluding hydrogens is 252 g/mol. The van der Waals surface area contributed by atoms with Crippen LogP contribution in [0.15, 0.2) is 0 Å². The molecule has 112 valence electrons. The third-order valence-electron chi connectivity index (χ3n) is 2.84. The molecule has 0 aromatic heterocycles. The maximum absolute atomic E-state index is 11.6. The minimum Gasteiger partial charge on any atom is -0.481 e. The number of rotatable bonds is 4. The van der Waals surface area contributed by atoms with Gasteiger partial charge in [-0.05, 0) is 26.7 Å². The fourth-order valence-corrected chi connectivity index (χ4v) is 2.03. The van der Waals surface area contributed by atoms with Crippen molar-refractivity contribution < 1.29 is 29.6 Å². The minimum absolute atomic E-state index is 0.125. The number of carboxylic acid groups (broad SMARTS) is 1. The van der Waals surface area contributed by atoms with Gasteiger partial charge in [-0.15, -0.1) is 0 Å². The van der Waals surface area contributed by atoms with E-state index in [0.717, 1.165) is 12.8 Å². The number of hydrogen-bond acceptors (Lipinski definition) is 5. The number of aliphatic hydroxyl groups is 2. The zero-order chi connectivity index (χ0) is 14.8. The van der Waals surface area contributed by atoms with Crippen LogP contribution in [-0.4, -0.2) is 46.6 Å². The van der Waals surface area contributed by atoms with E-state index in [1.54, 1.807) is 13.8 Å². The lowest BCUT2D eigenvalue weighted by molar-refractivity contribution is -0.162. The van der Waals surface area contributed by atoms with Crippen molar-refractivity contribution in [3.8, 4) is 0 Å². The van der Waals surface area contributed by atoms with E-state index in [-0.39, 0.29) is 25.3 Å². The monoisotopic (exact) mass is 276 g/mol. The molecule has 2 unspecified atom stereocenters. The Hall–Kier alpha value is -1.14. The molecule has 6 heteroatoms. The van der Waals surface area contributed by atoms with E-state index in [2.05, 4.69) is 0 Å². The van der Waals surface area contributed by atoms with Crippen molar-refractivity contribution in [2.24, 2.45) is 11.8 Å². The molecule has 0 saturated heterocycles. The highest BCUT2D eigenvalue weighted by molar-refractivity contribution is 5.81. The molecule has 1 rings (SSSR count). The number of esters is 1. The molecule has 0 bridgehead atoms. The van der Waals surface area contributed by atoms with Gasteiger partial charge in [0.25, 0.3) is 0 Å². The third kappa shape index (κ3) is 7.12. The van der Waals surface area contributed by atoms with Gasteiger partial charge in [0.05, 0.1) is 31.2 Å². The van der Waals surface area contributed by atoms with E-state index < -0.39 is 17.8 Å².